The fourth-order valence-corrected chi connectivity index (χ4v) is 4.43. The summed E-state index contributed by atoms with van der Waals surface area (Å²) in [5, 5.41) is 6.40. The summed E-state index contributed by atoms with van der Waals surface area (Å²) in [5.41, 5.74) is 2.00. The van der Waals surface area contributed by atoms with Crippen LogP contribution in [-0.2, 0) is 0 Å². The topological polar surface area (TPSA) is 87.0 Å². The maximum Gasteiger partial charge on any atom is 0.289 e. The van der Waals surface area contributed by atoms with E-state index in [2.05, 4.69) is 22.5 Å². The fraction of sp³-hybridized carbons (Fsp3) is 0.296. The van der Waals surface area contributed by atoms with Crippen LogP contribution in [0.15, 0.2) is 65.3 Å². The zero-order valence-electron chi connectivity index (χ0n) is 20.5. The molecule has 3 aromatic rings. The molecule has 2 aromatic carbocycles. The molecule has 0 unspecified atom stereocenters. The van der Waals surface area contributed by atoms with Gasteiger partial charge in [0.2, 0.25) is 0 Å². The number of rotatable bonds is 8. The first-order chi connectivity index (χ1) is 17.9. The van der Waals surface area contributed by atoms with Crippen LogP contribution >= 0.6 is 23.8 Å². The molecule has 0 saturated carbocycles. The van der Waals surface area contributed by atoms with Crippen LogP contribution in [-0.4, -0.2) is 54.6 Å². The van der Waals surface area contributed by atoms with E-state index in [1.807, 2.05) is 12.1 Å². The molecule has 1 aliphatic rings. The van der Waals surface area contributed by atoms with Gasteiger partial charge in [0.25, 0.3) is 11.8 Å². The van der Waals surface area contributed by atoms with E-state index in [0.29, 0.717) is 54.8 Å². The van der Waals surface area contributed by atoms with Gasteiger partial charge >= 0.3 is 0 Å². The number of thiocarbonyl (C=S) groups is 1. The highest BCUT2D eigenvalue weighted by Crippen LogP contribution is 2.30. The molecule has 0 spiro atoms. The Morgan fingerprint density at radius 2 is 1.84 bits per heavy atom. The summed E-state index contributed by atoms with van der Waals surface area (Å²) < 4.78 is 10.8. The Balaban J connectivity index is 1.27. The van der Waals surface area contributed by atoms with Crippen LogP contribution in [0.3, 0.4) is 0 Å². The van der Waals surface area contributed by atoms with Crippen LogP contribution in [0.1, 0.15) is 40.7 Å². The van der Waals surface area contributed by atoms with Crippen molar-refractivity contribution in [1.29, 1.82) is 0 Å². The summed E-state index contributed by atoms with van der Waals surface area (Å²) in [6.07, 6.45) is 3.54. The number of carbonyl (C=O) groups excluding carboxylic acids is 2. The summed E-state index contributed by atoms with van der Waals surface area (Å²) in [4.78, 5) is 28.9. The lowest BCUT2D eigenvalue weighted by molar-refractivity contribution is 0.0714. The van der Waals surface area contributed by atoms with Gasteiger partial charge in [0, 0.05) is 37.4 Å². The van der Waals surface area contributed by atoms with Gasteiger partial charge < -0.3 is 24.3 Å². The number of carbonyl (C=O) groups is 2. The molecule has 37 heavy (non-hydrogen) atoms. The van der Waals surface area contributed by atoms with E-state index in [0.717, 1.165) is 24.3 Å². The van der Waals surface area contributed by atoms with Crippen molar-refractivity contribution in [2.24, 2.45) is 0 Å². The van der Waals surface area contributed by atoms with E-state index < -0.39 is 0 Å². The van der Waals surface area contributed by atoms with Gasteiger partial charge in [-0.05, 0) is 73.2 Å². The molecule has 0 atom stereocenters. The number of nitrogens with zero attached hydrogens (tertiary/aromatic N) is 2. The van der Waals surface area contributed by atoms with E-state index in [9.17, 15) is 9.59 Å². The molecule has 10 heteroatoms. The van der Waals surface area contributed by atoms with E-state index in [1.54, 1.807) is 47.4 Å². The fourth-order valence-electron chi connectivity index (χ4n) is 3.92. The van der Waals surface area contributed by atoms with Crippen LogP contribution in [0.2, 0.25) is 5.02 Å². The molecule has 1 aliphatic heterocycles. The number of furan rings is 1. The first kappa shape index (κ1) is 26.5. The summed E-state index contributed by atoms with van der Waals surface area (Å²) in [5.74, 6) is 0.647. The van der Waals surface area contributed by atoms with Gasteiger partial charge in [0.15, 0.2) is 10.9 Å². The average Bonchev–Trinajstić information content (AvgIpc) is 3.44. The Morgan fingerprint density at radius 3 is 2.49 bits per heavy atom. The van der Waals surface area contributed by atoms with Crippen molar-refractivity contribution < 1.29 is 18.7 Å². The number of nitrogens with one attached hydrogen (secondary N) is 2. The second-order valence-corrected chi connectivity index (χ2v) is 9.37. The SMILES string of the molecule is CCCCOc1ccc(C(=O)NC(=S)Nc2ccc(N3CCN(C(=O)c4ccco4)CC3)c(Cl)c2)cc1. The van der Waals surface area contributed by atoms with Crippen LogP contribution in [0.4, 0.5) is 11.4 Å². The standard InChI is InChI=1S/C27H29ClN4O4S/c1-2-3-16-35-21-9-6-19(7-10-21)25(33)30-27(37)29-20-8-11-23(22(28)18-20)31-12-14-32(15-13-31)26(34)24-5-4-17-36-24/h4-11,17-18H,2-3,12-16H2,1H3,(H2,29,30,33,37). The van der Waals surface area contributed by atoms with Gasteiger partial charge in [-0.15, -0.1) is 0 Å². The van der Waals surface area contributed by atoms with Crippen molar-refractivity contribution >= 4 is 52.1 Å². The van der Waals surface area contributed by atoms with E-state index in [1.165, 1.54) is 6.26 Å². The van der Waals surface area contributed by atoms with Crippen LogP contribution in [0, 0.1) is 0 Å². The highest BCUT2D eigenvalue weighted by molar-refractivity contribution is 7.80. The average molecular weight is 541 g/mol. The van der Waals surface area contributed by atoms with Gasteiger partial charge in [-0.25, -0.2) is 0 Å². The van der Waals surface area contributed by atoms with Gasteiger partial charge in [-0.2, -0.15) is 0 Å². The van der Waals surface area contributed by atoms with Crippen LogP contribution in [0.5, 0.6) is 5.75 Å². The monoisotopic (exact) mass is 540 g/mol. The number of anilines is 2. The number of hydrogen-bond donors (Lipinski definition) is 2. The van der Waals surface area contributed by atoms with Crippen molar-refractivity contribution in [3.63, 3.8) is 0 Å². The lowest BCUT2D eigenvalue weighted by Crippen LogP contribution is -2.48. The summed E-state index contributed by atoms with van der Waals surface area (Å²) in [7, 11) is 0. The minimum atomic E-state index is -0.317. The predicted octanol–water partition coefficient (Wildman–Crippen LogP) is 5.20. The number of piperazine rings is 1. The summed E-state index contributed by atoms with van der Waals surface area (Å²) in [6.45, 7) is 5.19. The molecule has 2 amide bonds. The summed E-state index contributed by atoms with van der Waals surface area (Å²) >= 11 is 11.9. The Bertz CT molecular complexity index is 1230. The van der Waals surface area contributed by atoms with Gasteiger partial charge in [-0.3, -0.25) is 14.9 Å². The van der Waals surface area contributed by atoms with Crippen molar-refractivity contribution in [3.8, 4) is 5.75 Å². The Morgan fingerprint density at radius 1 is 1.08 bits per heavy atom. The first-order valence-electron chi connectivity index (χ1n) is 12.2. The zero-order chi connectivity index (χ0) is 26.2. The molecule has 1 saturated heterocycles. The third-order valence-corrected chi connectivity index (χ3v) is 6.46. The first-order valence-corrected chi connectivity index (χ1v) is 13.0. The third-order valence-electron chi connectivity index (χ3n) is 5.96. The van der Waals surface area contributed by atoms with Crippen LogP contribution in [0.25, 0.3) is 0 Å². The maximum atomic E-state index is 12.5. The molecule has 2 N–H and O–H groups in total. The number of ether oxygens (including phenoxy) is 1. The minimum absolute atomic E-state index is 0.109. The van der Waals surface area contributed by atoms with Crippen LogP contribution < -0.4 is 20.3 Å². The van der Waals surface area contributed by atoms with Gasteiger partial charge in [0.1, 0.15) is 5.75 Å². The number of halogens is 1. The molecule has 2 heterocycles. The quantitative estimate of drug-likeness (QED) is 0.300. The number of hydrogen-bond acceptors (Lipinski definition) is 6. The van der Waals surface area contributed by atoms with Crippen molar-refractivity contribution in [1.82, 2.24) is 10.2 Å². The predicted molar refractivity (Wildman–Crippen MR) is 149 cm³/mol. The van der Waals surface area contributed by atoms with Gasteiger partial charge in [-0.1, -0.05) is 24.9 Å². The molecule has 0 radical (unpaired) electrons. The number of unbranched alkanes of at least 4 members (excludes halogenated alkanes) is 1. The van der Waals surface area contributed by atoms with Crippen molar-refractivity contribution in [3.05, 3.63) is 77.2 Å². The molecule has 4 rings (SSSR count). The number of amides is 2. The largest absolute Gasteiger partial charge is 0.494 e. The highest BCUT2D eigenvalue weighted by atomic mass is 35.5. The third kappa shape index (κ3) is 7.02. The molecule has 1 aromatic heterocycles. The number of benzene rings is 2. The molecular weight excluding hydrogens is 512 g/mol. The normalized spacial score (nSPS) is 13.2. The lowest BCUT2D eigenvalue weighted by atomic mass is 10.2. The van der Waals surface area contributed by atoms with Crippen molar-refractivity contribution in [2.45, 2.75) is 19.8 Å². The van der Waals surface area contributed by atoms with E-state index >= 15 is 0 Å². The highest BCUT2D eigenvalue weighted by Gasteiger charge is 2.24. The van der Waals surface area contributed by atoms with E-state index in [4.69, 9.17) is 33.0 Å². The Labute approximate surface area is 226 Å². The van der Waals surface area contributed by atoms with Crippen molar-refractivity contribution in [2.75, 3.05) is 43.0 Å². The molecule has 8 nitrogen and oxygen atoms in total. The maximum absolute atomic E-state index is 12.5. The second kappa shape index (κ2) is 12.6. The summed E-state index contributed by atoms with van der Waals surface area (Å²) in [6, 6.07) is 15.8. The smallest absolute Gasteiger partial charge is 0.289 e. The van der Waals surface area contributed by atoms with Gasteiger partial charge in [0.05, 0.1) is 23.6 Å². The molecule has 194 valence electrons. The second-order valence-electron chi connectivity index (χ2n) is 8.56. The Kier molecular flexibility index (Phi) is 9.03. The molecule has 0 aliphatic carbocycles. The molecule has 0 bridgehead atoms. The zero-order valence-corrected chi connectivity index (χ0v) is 22.1. The molecule has 1 fully saturated rings. The van der Waals surface area contributed by atoms with E-state index in [-0.39, 0.29) is 16.9 Å². The Hall–Kier alpha value is -3.56. The molecular formula is C27H29ClN4O4S. The minimum Gasteiger partial charge on any atom is -0.494 e. The lowest BCUT2D eigenvalue weighted by Gasteiger charge is -2.36.